The molecule has 0 bridgehead atoms. The quantitative estimate of drug-likeness (QED) is 0.816. The Hall–Kier alpha value is -0.0800. The minimum atomic E-state index is 0.472. The summed E-state index contributed by atoms with van der Waals surface area (Å²) in [6.45, 7) is 8.14. The second-order valence-electron chi connectivity index (χ2n) is 7.38. The third kappa shape index (κ3) is 4.19. The summed E-state index contributed by atoms with van der Waals surface area (Å²) in [7, 11) is 0. The molecule has 6 atom stereocenters. The van der Waals surface area contributed by atoms with Crippen LogP contribution in [0.1, 0.15) is 65.7 Å². The first kappa shape index (κ1) is 15.3. The molecule has 2 nitrogen and oxygen atoms in total. The average molecular weight is 266 g/mol. The zero-order chi connectivity index (χ0) is 13.8. The lowest BCUT2D eigenvalue weighted by atomic mass is 9.71. The van der Waals surface area contributed by atoms with Gasteiger partial charge in [0.25, 0.3) is 0 Å². The van der Waals surface area contributed by atoms with E-state index in [9.17, 15) is 0 Å². The van der Waals surface area contributed by atoms with Crippen molar-refractivity contribution in [2.45, 2.75) is 77.8 Å². The summed E-state index contributed by atoms with van der Waals surface area (Å²) < 4.78 is 0. The van der Waals surface area contributed by atoms with E-state index < -0.39 is 0 Å². The van der Waals surface area contributed by atoms with Gasteiger partial charge in [-0.05, 0) is 75.2 Å². The van der Waals surface area contributed by atoms with Crippen molar-refractivity contribution in [1.82, 2.24) is 5.32 Å². The van der Waals surface area contributed by atoms with Gasteiger partial charge in [0, 0.05) is 12.1 Å². The van der Waals surface area contributed by atoms with E-state index in [4.69, 9.17) is 5.73 Å². The highest BCUT2D eigenvalue weighted by Gasteiger charge is 2.31. The zero-order valence-corrected chi connectivity index (χ0v) is 13.2. The Labute approximate surface area is 119 Å². The van der Waals surface area contributed by atoms with Crippen molar-refractivity contribution in [3.05, 3.63) is 0 Å². The van der Waals surface area contributed by atoms with E-state index in [1.165, 1.54) is 44.9 Å². The Morgan fingerprint density at radius 2 is 1.58 bits per heavy atom. The number of hydrogen-bond donors (Lipinski definition) is 2. The average Bonchev–Trinajstić information content (AvgIpc) is 2.37. The standard InChI is InChI=1S/C17H34N2/c1-4-19-17-8-6-15(10-13(17)3)11-14-5-7-16(18)12(2)9-14/h12-17,19H,4-11,18H2,1-3H3. The second-order valence-corrected chi connectivity index (χ2v) is 7.38. The molecule has 0 radical (unpaired) electrons. The summed E-state index contributed by atoms with van der Waals surface area (Å²) in [5, 5.41) is 3.65. The Bertz CT molecular complexity index is 266. The molecule has 19 heavy (non-hydrogen) atoms. The number of nitrogens with one attached hydrogen (secondary N) is 1. The van der Waals surface area contributed by atoms with Gasteiger partial charge in [-0.3, -0.25) is 0 Å². The molecule has 0 spiro atoms. The smallest absolute Gasteiger partial charge is 0.00927 e. The van der Waals surface area contributed by atoms with Crippen LogP contribution in [0.3, 0.4) is 0 Å². The molecule has 3 N–H and O–H groups in total. The molecular weight excluding hydrogens is 232 g/mol. The number of nitrogens with two attached hydrogens (primary N) is 1. The SMILES string of the molecule is CCNC1CCC(CC2CCC(N)C(C)C2)CC1C. The van der Waals surface area contributed by atoms with Crippen LogP contribution in [0.15, 0.2) is 0 Å². The molecule has 6 unspecified atom stereocenters. The number of hydrogen-bond acceptors (Lipinski definition) is 2. The summed E-state index contributed by atoms with van der Waals surface area (Å²) in [4.78, 5) is 0. The van der Waals surface area contributed by atoms with E-state index >= 15 is 0 Å². The topological polar surface area (TPSA) is 38.0 Å². The molecule has 2 saturated carbocycles. The normalized spacial score (nSPS) is 44.2. The fourth-order valence-electron chi connectivity index (χ4n) is 4.50. The summed E-state index contributed by atoms with van der Waals surface area (Å²) in [6.07, 6.45) is 9.76. The maximum Gasteiger partial charge on any atom is 0.00927 e. The lowest BCUT2D eigenvalue weighted by Crippen LogP contribution is -2.40. The van der Waals surface area contributed by atoms with Gasteiger partial charge >= 0.3 is 0 Å². The largest absolute Gasteiger partial charge is 0.327 e. The van der Waals surface area contributed by atoms with E-state index in [0.29, 0.717) is 6.04 Å². The van der Waals surface area contributed by atoms with E-state index in [1.54, 1.807) is 0 Å². The van der Waals surface area contributed by atoms with Crippen molar-refractivity contribution in [3.8, 4) is 0 Å². The van der Waals surface area contributed by atoms with Crippen molar-refractivity contribution < 1.29 is 0 Å². The van der Waals surface area contributed by atoms with Crippen LogP contribution in [-0.2, 0) is 0 Å². The molecule has 0 saturated heterocycles. The van der Waals surface area contributed by atoms with Crippen LogP contribution in [-0.4, -0.2) is 18.6 Å². The Morgan fingerprint density at radius 3 is 2.16 bits per heavy atom. The van der Waals surface area contributed by atoms with Gasteiger partial charge in [-0.2, -0.15) is 0 Å². The summed E-state index contributed by atoms with van der Waals surface area (Å²) in [5.41, 5.74) is 6.14. The van der Waals surface area contributed by atoms with Crippen LogP contribution in [0.2, 0.25) is 0 Å². The number of rotatable bonds is 4. The Morgan fingerprint density at radius 1 is 0.947 bits per heavy atom. The molecular formula is C17H34N2. The zero-order valence-electron chi connectivity index (χ0n) is 13.2. The van der Waals surface area contributed by atoms with E-state index in [2.05, 4.69) is 26.1 Å². The summed E-state index contributed by atoms with van der Waals surface area (Å²) in [5.74, 6) is 3.55. The third-order valence-electron chi connectivity index (χ3n) is 5.76. The third-order valence-corrected chi connectivity index (χ3v) is 5.76. The van der Waals surface area contributed by atoms with Gasteiger partial charge in [0.1, 0.15) is 0 Å². The molecule has 2 rings (SSSR count). The van der Waals surface area contributed by atoms with Crippen LogP contribution in [0.4, 0.5) is 0 Å². The minimum Gasteiger partial charge on any atom is -0.327 e. The molecule has 0 amide bonds. The fourth-order valence-corrected chi connectivity index (χ4v) is 4.50. The summed E-state index contributed by atoms with van der Waals surface area (Å²) >= 11 is 0. The first-order chi connectivity index (χ1) is 9.10. The summed E-state index contributed by atoms with van der Waals surface area (Å²) in [6, 6.07) is 1.25. The first-order valence-corrected chi connectivity index (χ1v) is 8.59. The van der Waals surface area contributed by atoms with Gasteiger partial charge in [0.15, 0.2) is 0 Å². The van der Waals surface area contributed by atoms with Crippen LogP contribution in [0.5, 0.6) is 0 Å². The highest BCUT2D eigenvalue weighted by molar-refractivity contribution is 4.86. The molecule has 112 valence electrons. The van der Waals surface area contributed by atoms with Crippen LogP contribution >= 0.6 is 0 Å². The van der Waals surface area contributed by atoms with Crippen LogP contribution in [0.25, 0.3) is 0 Å². The van der Waals surface area contributed by atoms with Gasteiger partial charge in [-0.25, -0.2) is 0 Å². The van der Waals surface area contributed by atoms with Crippen LogP contribution < -0.4 is 11.1 Å². The van der Waals surface area contributed by atoms with E-state index in [1.807, 2.05) is 0 Å². The molecule has 0 heterocycles. The van der Waals surface area contributed by atoms with Gasteiger partial charge in [-0.15, -0.1) is 0 Å². The maximum absolute atomic E-state index is 6.14. The van der Waals surface area contributed by atoms with Gasteiger partial charge < -0.3 is 11.1 Å². The van der Waals surface area contributed by atoms with Crippen molar-refractivity contribution >= 4 is 0 Å². The fraction of sp³-hybridized carbons (Fsp3) is 1.00. The molecule has 2 aliphatic rings. The highest BCUT2D eigenvalue weighted by Crippen LogP contribution is 2.38. The van der Waals surface area contributed by atoms with Crippen molar-refractivity contribution in [1.29, 1.82) is 0 Å². The minimum absolute atomic E-state index is 0.472. The Kier molecular flexibility index (Phi) is 5.70. The molecule has 2 aliphatic carbocycles. The molecule has 2 heteroatoms. The van der Waals surface area contributed by atoms with Crippen LogP contribution in [0, 0.1) is 23.7 Å². The molecule has 0 aromatic rings. The lowest BCUT2D eigenvalue weighted by Gasteiger charge is -2.38. The highest BCUT2D eigenvalue weighted by atomic mass is 14.9. The molecule has 0 aromatic carbocycles. The molecule has 0 aliphatic heterocycles. The molecule has 2 fully saturated rings. The predicted octanol–water partition coefficient (Wildman–Crippen LogP) is 3.55. The van der Waals surface area contributed by atoms with Gasteiger partial charge in [0.2, 0.25) is 0 Å². The van der Waals surface area contributed by atoms with Crippen molar-refractivity contribution in [2.24, 2.45) is 29.4 Å². The van der Waals surface area contributed by atoms with E-state index in [0.717, 1.165) is 36.3 Å². The van der Waals surface area contributed by atoms with Crippen molar-refractivity contribution in [2.75, 3.05) is 6.54 Å². The van der Waals surface area contributed by atoms with E-state index in [-0.39, 0.29) is 0 Å². The Balaban J connectivity index is 1.75. The first-order valence-electron chi connectivity index (χ1n) is 8.59. The second kappa shape index (κ2) is 7.08. The predicted molar refractivity (Wildman–Crippen MR) is 83.1 cm³/mol. The lowest BCUT2D eigenvalue weighted by molar-refractivity contribution is 0.158. The van der Waals surface area contributed by atoms with Crippen molar-refractivity contribution in [3.63, 3.8) is 0 Å². The van der Waals surface area contributed by atoms with Gasteiger partial charge in [0.05, 0.1) is 0 Å². The monoisotopic (exact) mass is 266 g/mol. The molecule has 0 aromatic heterocycles. The maximum atomic E-state index is 6.14. The van der Waals surface area contributed by atoms with Gasteiger partial charge in [-0.1, -0.05) is 20.8 Å².